The number of nitrogen functional groups attached to an aromatic ring is 1. The summed E-state index contributed by atoms with van der Waals surface area (Å²) in [6.07, 6.45) is 0.855. The van der Waals surface area contributed by atoms with Crippen molar-refractivity contribution in [2.75, 3.05) is 26.4 Å². The summed E-state index contributed by atoms with van der Waals surface area (Å²) in [5.74, 6) is 0.678. The minimum absolute atomic E-state index is 0.0330. The second kappa shape index (κ2) is 3.46. The number of amides is 1. The number of ether oxygens (including phenoxy) is 1. The van der Waals surface area contributed by atoms with Crippen molar-refractivity contribution in [1.82, 2.24) is 4.90 Å². The van der Waals surface area contributed by atoms with Crippen molar-refractivity contribution in [2.24, 2.45) is 0 Å². The molecular weight excluding hydrogens is 192 g/mol. The highest BCUT2D eigenvalue weighted by Gasteiger charge is 2.22. The summed E-state index contributed by atoms with van der Waals surface area (Å²) in [5, 5.41) is 0. The molecular formula is C11H14N2O2. The Kier molecular flexibility index (Phi) is 2.26. The highest BCUT2D eigenvalue weighted by atomic mass is 16.5. The number of likely N-dealkylation sites (N-methyl/N-ethyl adjacent to an activating group) is 1. The van der Waals surface area contributed by atoms with Crippen LogP contribution in [0.4, 0.5) is 5.69 Å². The number of nitrogens with zero attached hydrogens (tertiary/aromatic N) is 1. The third-order valence-electron chi connectivity index (χ3n) is 2.75. The Morgan fingerprint density at radius 3 is 2.87 bits per heavy atom. The molecule has 15 heavy (non-hydrogen) atoms. The van der Waals surface area contributed by atoms with E-state index < -0.39 is 0 Å². The fourth-order valence-corrected chi connectivity index (χ4v) is 1.82. The summed E-state index contributed by atoms with van der Waals surface area (Å²) in [4.78, 5) is 13.5. The number of anilines is 1. The Morgan fingerprint density at radius 2 is 2.20 bits per heavy atom. The summed E-state index contributed by atoms with van der Waals surface area (Å²) >= 11 is 0. The molecule has 0 bridgehead atoms. The molecule has 1 aromatic rings. The third-order valence-corrected chi connectivity index (χ3v) is 2.75. The molecule has 0 fully saturated rings. The standard InChI is InChI=1S/C11H14N2O2/c1-13-4-3-7-5-10(15-2)9(12)6-8(7)11(13)14/h5-6H,3-4,12H2,1-2H3. The second-order valence-corrected chi connectivity index (χ2v) is 3.73. The normalized spacial score (nSPS) is 15.1. The molecule has 4 nitrogen and oxygen atoms in total. The van der Waals surface area contributed by atoms with Gasteiger partial charge >= 0.3 is 0 Å². The molecule has 1 amide bonds. The van der Waals surface area contributed by atoms with Gasteiger partial charge in [0.2, 0.25) is 0 Å². The van der Waals surface area contributed by atoms with Gasteiger partial charge in [0.15, 0.2) is 0 Å². The van der Waals surface area contributed by atoms with Gasteiger partial charge in [0, 0.05) is 19.2 Å². The Hall–Kier alpha value is -1.71. The molecule has 1 aromatic carbocycles. The quantitative estimate of drug-likeness (QED) is 0.695. The molecule has 4 heteroatoms. The first-order chi connectivity index (χ1) is 7.13. The van der Waals surface area contributed by atoms with Gasteiger partial charge in [-0.25, -0.2) is 0 Å². The predicted octanol–water partition coefficient (Wildman–Crippen LogP) is 0.906. The van der Waals surface area contributed by atoms with E-state index in [0.717, 1.165) is 18.5 Å². The number of nitrogens with two attached hydrogens (primary N) is 1. The molecule has 1 heterocycles. The van der Waals surface area contributed by atoms with Gasteiger partial charge < -0.3 is 15.4 Å². The van der Waals surface area contributed by atoms with Crippen LogP contribution in [-0.2, 0) is 6.42 Å². The second-order valence-electron chi connectivity index (χ2n) is 3.73. The number of benzene rings is 1. The van der Waals surface area contributed by atoms with Crippen molar-refractivity contribution in [2.45, 2.75) is 6.42 Å². The van der Waals surface area contributed by atoms with E-state index in [9.17, 15) is 4.79 Å². The summed E-state index contributed by atoms with van der Waals surface area (Å²) in [7, 11) is 3.38. The van der Waals surface area contributed by atoms with Crippen LogP contribution in [0.15, 0.2) is 12.1 Å². The Balaban J connectivity index is 2.52. The molecule has 0 spiro atoms. The third kappa shape index (κ3) is 1.52. The summed E-state index contributed by atoms with van der Waals surface area (Å²) < 4.78 is 5.12. The predicted molar refractivity (Wildman–Crippen MR) is 58.1 cm³/mol. The molecule has 80 valence electrons. The maximum absolute atomic E-state index is 11.8. The largest absolute Gasteiger partial charge is 0.495 e. The SMILES string of the molecule is COc1cc2c(cc1N)C(=O)N(C)CC2. The zero-order valence-electron chi connectivity index (χ0n) is 8.91. The number of fused-ring (bicyclic) bond motifs is 1. The van der Waals surface area contributed by atoms with E-state index in [0.29, 0.717) is 17.0 Å². The van der Waals surface area contributed by atoms with Crippen LogP contribution < -0.4 is 10.5 Å². The van der Waals surface area contributed by atoms with Crippen molar-refractivity contribution in [3.63, 3.8) is 0 Å². The highest BCUT2D eigenvalue weighted by molar-refractivity contribution is 5.98. The topological polar surface area (TPSA) is 55.6 Å². The van der Waals surface area contributed by atoms with E-state index in [2.05, 4.69) is 0 Å². The number of methoxy groups -OCH3 is 1. The van der Waals surface area contributed by atoms with Crippen LogP contribution >= 0.6 is 0 Å². The van der Waals surface area contributed by atoms with Gasteiger partial charge in [0.25, 0.3) is 5.91 Å². The van der Waals surface area contributed by atoms with Crippen LogP contribution in [0.3, 0.4) is 0 Å². The summed E-state index contributed by atoms with van der Waals surface area (Å²) in [6, 6.07) is 3.56. The molecule has 0 atom stereocenters. The van der Waals surface area contributed by atoms with Crippen molar-refractivity contribution in [3.8, 4) is 5.75 Å². The molecule has 0 aromatic heterocycles. The average molecular weight is 206 g/mol. The van der Waals surface area contributed by atoms with E-state index in [1.165, 1.54) is 0 Å². The first-order valence-corrected chi connectivity index (χ1v) is 4.85. The molecule has 2 N–H and O–H groups in total. The lowest BCUT2D eigenvalue weighted by atomic mass is 9.98. The minimum Gasteiger partial charge on any atom is -0.495 e. The van der Waals surface area contributed by atoms with E-state index in [1.54, 1.807) is 25.1 Å². The van der Waals surface area contributed by atoms with Crippen LogP contribution in [0, 0.1) is 0 Å². The lowest BCUT2D eigenvalue weighted by molar-refractivity contribution is 0.0781. The lowest BCUT2D eigenvalue weighted by Crippen LogP contribution is -2.34. The zero-order chi connectivity index (χ0) is 11.0. The van der Waals surface area contributed by atoms with Crippen LogP contribution in [0.5, 0.6) is 5.75 Å². The number of rotatable bonds is 1. The lowest BCUT2D eigenvalue weighted by Gasteiger charge is -2.25. The Labute approximate surface area is 88.6 Å². The van der Waals surface area contributed by atoms with Crippen LogP contribution in [0.2, 0.25) is 0 Å². The van der Waals surface area contributed by atoms with Gasteiger partial charge in [-0.1, -0.05) is 0 Å². The van der Waals surface area contributed by atoms with E-state index in [-0.39, 0.29) is 5.91 Å². The van der Waals surface area contributed by atoms with E-state index in [4.69, 9.17) is 10.5 Å². The molecule has 0 saturated heterocycles. The Morgan fingerprint density at radius 1 is 1.47 bits per heavy atom. The van der Waals surface area contributed by atoms with Crippen LogP contribution in [-0.4, -0.2) is 31.5 Å². The molecule has 0 unspecified atom stereocenters. The summed E-state index contributed by atoms with van der Waals surface area (Å²) in [5.41, 5.74) is 7.99. The van der Waals surface area contributed by atoms with E-state index in [1.807, 2.05) is 6.07 Å². The maximum Gasteiger partial charge on any atom is 0.253 e. The Bertz CT molecular complexity index is 415. The van der Waals surface area contributed by atoms with Crippen LogP contribution in [0.25, 0.3) is 0 Å². The first-order valence-electron chi connectivity index (χ1n) is 4.85. The monoisotopic (exact) mass is 206 g/mol. The van der Waals surface area contributed by atoms with Crippen molar-refractivity contribution >= 4 is 11.6 Å². The van der Waals surface area contributed by atoms with Gasteiger partial charge in [0.05, 0.1) is 12.8 Å². The first kappa shape index (κ1) is 9.83. The molecule has 2 rings (SSSR count). The zero-order valence-corrected chi connectivity index (χ0v) is 8.91. The number of carbonyl (C=O) groups is 1. The number of hydrogen-bond acceptors (Lipinski definition) is 3. The average Bonchev–Trinajstić information content (AvgIpc) is 2.24. The van der Waals surface area contributed by atoms with Crippen molar-refractivity contribution < 1.29 is 9.53 Å². The van der Waals surface area contributed by atoms with Gasteiger partial charge in [-0.3, -0.25) is 4.79 Å². The summed E-state index contributed by atoms with van der Waals surface area (Å²) in [6.45, 7) is 0.749. The minimum atomic E-state index is 0.0330. The van der Waals surface area contributed by atoms with Gasteiger partial charge in [-0.05, 0) is 24.1 Å². The van der Waals surface area contributed by atoms with Crippen molar-refractivity contribution in [3.05, 3.63) is 23.3 Å². The molecule has 0 radical (unpaired) electrons. The van der Waals surface area contributed by atoms with E-state index >= 15 is 0 Å². The molecule has 1 aliphatic rings. The molecule has 0 saturated carbocycles. The van der Waals surface area contributed by atoms with Gasteiger partial charge in [-0.2, -0.15) is 0 Å². The fourth-order valence-electron chi connectivity index (χ4n) is 1.82. The molecule has 0 aliphatic carbocycles. The number of carbonyl (C=O) groups excluding carboxylic acids is 1. The number of hydrogen-bond donors (Lipinski definition) is 1. The molecule has 1 aliphatic heterocycles. The maximum atomic E-state index is 11.8. The van der Waals surface area contributed by atoms with Gasteiger partial charge in [-0.15, -0.1) is 0 Å². The van der Waals surface area contributed by atoms with Crippen LogP contribution in [0.1, 0.15) is 15.9 Å². The smallest absolute Gasteiger partial charge is 0.253 e. The fraction of sp³-hybridized carbons (Fsp3) is 0.364. The van der Waals surface area contributed by atoms with Crippen molar-refractivity contribution in [1.29, 1.82) is 0 Å². The van der Waals surface area contributed by atoms with Gasteiger partial charge in [0.1, 0.15) is 5.75 Å². The highest BCUT2D eigenvalue weighted by Crippen LogP contribution is 2.28.